The van der Waals surface area contributed by atoms with E-state index in [1.54, 1.807) is 15.6 Å². The number of anilines is 3. The van der Waals surface area contributed by atoms with Crippen molar-refractivity contribution in [3.63, 3.8) is 0 Å². The number of benzene rings is 4. The first kappa shape index (κ1) is 42.5. The molecule has 4 amide bonds. The number of hydrogen-bond donors (Lipinski definition) is 3. The Morgan fingerprint density at radius 1 is 0.894 bits per heavy atom. The van der Waals surface area contributed by atoms with Crippen molar-refractivity contribution in [2.24, 2.45) is 5.92 Å². The minimum Gasteiger partial charge on any atom is -0.496 e. The molecule has 0 bridgehead atoms. The Morgan fingerprint density at radius 3 is 2.47 bits per heavy atom. The molecule has 2 aromatic heterocycles. The van der Waals surface area contributed by atoms with Crippen LogP contribution in [0, 0.1) is 17.6 Å². The van der Waals surface area contributed by atoms with E-state index in [1.165, 1.54) is 31.6 Å². The van der Waals surface area contributed by atoms with E-state index < -0.39 is 23.7 Å². The van der Waals surface area contributed by atoms with Crippen LogP contribution in [0.25, 0.3) is 28.0 Å². The molecule has 3 saturated heterocycles. The minimum atomic E-state index is -0.637. The van der Waals surface area contributed by atoms with Gasteiger partial charge in [0.05, 0.1) is 29.4 Å². The molecule has 0 radical (unpaired) electrons. The van der Waals surface area contributed by atoms with Gasteiger partial charge in [-0.1, -0.05) is 24.3 Å². The molecule has 10 rings (SSSR count). The van der Waals surface area contributed by atoms with Crippen molar-refractivity contribution < 1.29 is 32.7 Å². The molecular weight excluding hydrogens is 849 g/mol. The number of carbonyl (C=O) groups is 4. The summed E-state index contributed by atoms with van der Waals surface area (Å²) in [6.45, 7) is 6.32. The van der Waals surface area contributed by atoms with Crippen molar-refractivity contribution in [2.75, 3.05) is 68.5 Å². The number of carbonyl (C=O) groups excluding carboxylic acids is 4. The normalized spacial score (nSPS) is 18.8. The van der Waals surface area contributed by atoms with E-state index in [9.17, 15) is 23.6 Å². The number of imide groups is 1. The molecule has 66 heavy (non-hydrogen) atoms. The van der Waals surface area contributed by atoms with Crippen LogP contribution >= 0.6 is 0 Å². The summed E-state index contributed by atoms with van der Waals surface area (Å²) in [5.41, 5.74) is 12.5. The van der Waals surface area contributed by atoms with Crippen LogP contribution in [0.15, 0.2) is 85.2 Å². The lowest BCUT2D eigenvalue weighted by molar-refractivity contribution is -0.136. The minimum absolute atomic E-state index is 0.0948. The summed E-state index contributed by atoms with van der Waals surface area (Å²) in [6, 6.07) is 21.5. The Morgan fingerprint density at radius 2 is 1.70 bits per heavy atom. The topological polar surface area (TPSA) is 184 Å². The van der Waals surface area contributed by atoms with Gasteiger partial charge in [-0.3, -0.25) is 29.4 Å². The van der Waals surface area contributed by atoms with Crippen molar-refractivity contribution in [1.82, 2.24) is 40.2 Å². The summed E-state index contributed by atoms with van der Waals surface area (Å²) in [7, 11) is 1.42. The highest BCUT2D eigenvalue weighted by Gasteiger charge is 2.39. The average molecular weight is 896 g/mol. The van der Waals surface area contributed by atoms with Crippen LogP contribution in [0.1, 0.15) is 51.1 Å². The fourth-order valence-electron chi connectivity index (χ4n) is 9.67. The number of nitrogens with two attached hydrogens (primary N) is 1. The van der Waals surface area contributed by atoms with Gasteiger partial charge in [-0.25, -0.2) is 23.4 Å². The van der Waals surface area contributed by atoms with Gasteiger partial charge in [-0.05, 0) is 78.4 Å². The third-order valence-electron chi connectivity index (χ3n) is 13.1. The third kappa shape index (κ3) is 8.12. The molecule has 0 spiro atoms. The van der Waals surface area contributed by atoms with Gasteiger partial charge in [0.2, 0.25) is 11.8 Å². The standard InChI is InChI=1S/C48H47F2N11O5/c1-66-40-12-6-32(49)21-36(40)46(63)52-23-28-2-4-30(5-3-28)43-42-44(51)53-27-54-45(42)61(56-43)34-8-10-38(37(50)22-34)59-15-14-29(25-59)24-57-16-18-58(19-17-57)33-7-9-35-31(20-33)26-60(48(35)65)39-11-13-41(62)55-47(39)64/h2-10,12,20-22,27,29,39H,11,13-19,23-26H2,1H3,(H,52,63)(H2,51,53,54)(H,55,62,64)/t29-,39?/m1/s1. The second kappa shape index (κ2) is 17.5. The maximum Gasteiger partial charge on any atom is 0.255 e. The van der Waals surface area contributed by atoms with E-state index in [-0.39, 0.29) is 47.7 Å². The zero-order valence-electron chi connectivity index (χ0n) is 36.2. The van der Waals surface area contributed by atoms with Crippen LogP contribution in [0.3, 0.4) is 0 Å². The van der Waals surface area contributed by atoms with Gasteiger partial charge in [0, 0.05) is 88.2 Å². The van der Waals surface area contributed by atoms with Crippen molar-refractivity contribution in [3.8, 4) is 22.7 Å². The summed E-state index contributed by atoms with van der Waals surface area (Å²) in [5.74, 6) is -1.41. The number of nitrogens with zero attached hydrogens (tertiary/aromatic N) is 8. The van der Waals surface area contributed by atoms with Crippen molar-refractivity contribution >= 4 is 51.9 Å². The van der Waals surface area contributed by atoms with Gasteiger partial charge in [-0.15, -0.1) is 0 Å². The van der Waals surface area contributed by atoms with Crippen molar-refractivity contribution in [2.45, 2.75) is 38.4 Å². The lowest BCUT2D eigenvalue weighted by Crippen LogP contribution is -2.52. The largest absolute Gasteiger partial charge is 0.496 e. The smallest absolute Gasteiger partial charge is 0.255 e. The second-order valence-corrected chi connectivity index (χ2v) is 17.2. The molecule has 16 nitrogen and oxygen atoms in total. The highest BCUT2D eigenvalue weighted by atomic mass is 19.1. The molecule has 4 aliphatic heterocycles. The van der Waals surface area contributed by atoms with Crippen LogP contribution < -0.4 is 30.9 Å². The van der Waals surface area contributed by atoms with E-state index in [2.05, 4.69) is 41.4 Å². The summed E-state index contributed by atoms with van der Waals surface area (Å²) in [4.78, 5) is 67.4. The van der Waals surface area contributed by atoms with Gasteiger partial charge >= 0.3 is 0 Å². The third-order valence-corrected chi connectivity index (χ3v) is 13.1. The highest BCUT2D eigenvalue weighted by molar-refractivity contribution is 6.05. The van der Waals surface area contributed by atoms with E-state index in [0.717, 1.165) is 75.1 Å². The number of hydrogen-bond acceptors (Lipinski definition) is 12. The number of halogens is 2. The van der Waals surface area contributed by atoms with Crippen LogP contribution in [0.4, 0.5) is 26.0 Å². The Bertz CT molecular complexity index is 2900. The lowest BCUT2D eigenvalue weighted by Gasteiger charge is -2.37. The van der Waals surface area contributed by atoms with E-state index in [0.29, 0.717) is 58.1 Å². The molecule has 2 atom stereocenters. The first-order valence-corrected chi connectivity index (χ1v) is 22.0. The molecule has 3 fully saturated rings. The predicted octanol–water partition coefficient (Wildman–Crippen LogP) is 4.69. The van der Waals surface area contributed by atoms with E-state index in [1.807, 2.05) is 42.5 Å². The van der Waals surface area contributed by atoms with Gasteiger partial charge in [0.25, 0.3) is 11.8 Å². The van der Waals surface area contributed by atoms with Crippen LogP contribution in [0.2, 0.25) is 0 Å². The number of amides is 4. The Kier molecular flexibility index (Phi) is 11.3. The van der Waals surface area contributed by atoms with Crippen LogP contribution in [-0.4, -0.2) is 112 Å². The first-order chi connectivity index (χ1) is 32.0. The number of nitrogen functional groups attached to an aromatic ring is 1. The number of piperidine rings is 1. The number of nitrogens with one attached hydrogen (secondary N) is 2. The summed E-state index contributed by atoms with van der Waals surface area (Å²) in [5, 5.41) is 10.5. The zero-order chi connectivity index (χ0) is 45.6. The van der Waals surface area contributed by atoms with Gasteiger partial charge in [-0.2, -0.15) is 5.10 Å². The highest BCUT2D eigenvalue weighted by Crippen LogP contribution is 2.35. The molecule has 338 valence electrons. The molecule has 6 heterocycles. The quantitative estimate of drug-likeness (QED) is 0.153. The summed E-state index contributed by atoms with van der Waals surface area (Å²) in [6.07, 6.45) is 2.85. The lowest BCUT2D eigenvalue weighted by atomic mass is 10.0. The second-order valence-electron chi connectivity index (χ2n) is 17.2. The number of ether oxygens (including phenoxy) is 1. The number of piperazine rings is 1. The molecule has 6 aromatic rings. The SMILES string of the molecule is COc1ccc(F)cc1C(=O)NCc1ccc(-c2nn(-c3ccc(N4CC[C@H](CN5CCN(c6ccc7c(c6)CN(C6CCC(=O)NC6=O)C7=O)CC5)C4)c(F)c3)c3ncnc(N)c23)cc1. The molecule has 4 aliphatic rings. The Hall–Kier alpha value is -7.47. The molecule has 4 aromatic carbocycles. The number of methoxy groups -OCH3 is 1. The van der Waals surface area contributed by atoms with Gasteiger partial charge < -0.3 is 30.5 Å². The van der Waals surface area contributed by atoms with E-state index >= 15 is 4.39 Å². The number of aromatic nitrogens is 4. The molecule has 18 heteroatoms. The van der Waals surface area contributed by atoms with Gasteiger partial charge in [0.1, 0.15) is 41.3 Å². The summed E-state index contributed by atoms with van der Waals surface area (Å²) < 4.78 is 36.8. The fourth-order valence-corrected chi connectivity index (χ4v) is 9.67. The monoisotopic (exact) mass is 895 g/mol. The molecule has 0 saturated carbocycles. The summed E-state index contributed by atoms with van der Waals surface area (Å²) >= 11 is 0. The molecule has 1 unspecified atom stereocenters. The average Bonchev–Trinajstić information content (AvgIpc) is 4.04. The maximum atomic E-state index is 16.1. The Balaban J connectivity index is 0.758. The number of fused-ring (bicyclic) bond motifs is 2. The maximum absolute atomic E-state index is 16.1. The van der Waals surface area contributed by atoms with Gasteiger partial charge in [0.15, 0.2) is 5.65 Å². The fraction of sp³-hybridized carbons (Fsp3) is 0.312. The Labute approximate surface area is 378 Å². The molecular formula is C48H47F2N11O5. The van der Waals surface area contributed by atoms with Crippen molar-refractivity contribution in [1.29, 1.82) is 0 Å². The molecule has 0 aliphatic carbocycles. The first-order valence-electron chi connectivity index (χ1n) is 22.0. The zero-order valence-corrected chi connectivity index (χ0v) is 36.2. The predicted molar refractivity (Wildman–Crippen MR) is 242 cm³/mol. The molecule has 4 N–H and O–H groups in total. The van der Waals surface area contributed by atoms with Crippen LogP contribution in [-0.2, 0) is 22.7 Å². The van der Waals surface area contributed by atoms with Crippen molar-refractivity contribution in [3.05, 3.63) is 119 Å². The number of rotatable bonds is 11. The van der Waals surface area contributed by atoms with Crippen LogP contribution in [0.5, 0.6) is 5.75 Å². The van der Waals surface area contributed by atoms with E-state index in [4.69, 9.17) is 15.6 Å².